The number of rotatable bonds is 18. The fourth-order valence-corrected chi connectivity index (χ4v) is 5.00. The van der Waals surface area contributed by atoms with Gasteiger partial charge in [-0.25, -0.2) is 4.39 Å². The van der Waals surface area contributed by atoms with Crippen molar-refractivity contribution in [3.05, 3.63) is 76.5 Å². The van der Waals surface area contributed by atoms with Gasteiger partial charge in [0.2, 0.25) is 5.51 Å². The zero-order valence-corrected chi connectivity index (χ0v) is 23.0. The molecule has 3 aromatic rings. The first kappa shape index (κ1) is 28.8. The summed E-state index contributed by atoms with van der Waals surface area (Å²) in [7, 11) is 0. The number of nitrogens with zero attached hydrogens (tertiary/aromatic N) is 1. The molecule has 0 fully saturated rings. The standard InChI is InChI=1S/C31H41FN2O2S/c1-2-3-4-5-6-7-8-9-10-11-12-13-20-36-30-18-17-27(23-29(30)32)31(35)33-28-16-14-15-26(22-28)24-34-19-21-37-25-34/h14-19,21-23,25H,2-13,20,24H2,1H3/p+1. The normalized spacial score (nSPS) is 11.0. The Morgan fingerprint density at radius 2 is 1.62 bits per heavy atom. The summed E-state index contributed by atoms with van der Waals surface area (Å²) in [5, 5.41) is 4.89. The number of thiazole rings is 1. The van der Waals surface area contributed by atoms with Gasteiger partial charge in [-0.05, 0) is 36.8 Å². The van der Waals surface area contributed by atoms with E-state index in [2.05, 4.69) is 16.8 Å². The molecule has 0 aliphatic heterocycles. The van der Waals surface area contributed by atoms with Gasteiger partial charge in [0.25, 0.3) is 5.91 Å². The summed E-state index contributed by atoms with van der Waals surface area (Å²) in [6, 6.07) is 12.1. The molecule has 6 heteroatoms. The third-order valence-electron chi connectivity index (χ3n) is 6.53. The topological polar surface area (TPSA) is 42.2 Å². The van der Waals surface area contributed by atoms with E-state index in [1.54, 1.807) is 23.5 Å². The maximum atomic E-state index is 14.6. The largest absolute Gasteiger partial charge is 0.491 e. The van der Waals surface area contributed by atoms with Crippen LogP contribution in [0.15, 0.2) is 59.6 Å². The molecule has 1 N–H and O–H groups in total. The number of unbranched alkanes of at least 4 members (excludes halogenated alkanes) is 11. The molecule has 1 heterocycles. The quantitative estimate of drug-likeness (QED) is 0.133. The van der Waals surface area contributed by atoms with Gasteiger partial charge in [-0.3, -0.25) is 4.79 Å². The van der Waals surface area contributed by atoms with Gasteiger partial charge >= 0.3 is 0 Å². The predicted octanol–water partition coefficient (Wildman–Crippen LogP) is 8.56. The average molecular weight is 526 g/mol. The van der Waals surface area contributed by atoms with E-state index in [1.807, 2.05) is 41.4 Å². The molecule has 0 atom stereocenters. The van der Waals surface area contributed by atoms with Gasteiger partial charge in [0.15, 0.2) is 24.3 Å². The second kappa shape index (κ2) is 16.9. The summed E-state index contributed by atoms with van der Waals surface area (Å²) in [6.45, 7) is 3.48. The second-order valence-corrected chi connectivity index (χ2v) is 10.5. The Morgan fingerprint density at radius 1 is 0.919 bits per heavy atom. The Kier molecular flexibility index (Phi) is 13.2. The van der Waals surface area contributed by atoms with Gasteiger partial charge in [-0.1, -0.05) is 101 Å². The second-order valence-electron chi connectivity index (χ2n) is 9.74. The number of amides is 1. The van der Waals surface area contributed by atoms with E-state index in [0.29, 0.717) is 12.3 Å². The summed E-state index contributed by atoms with van der Waals surface area (Å²) in [5.74, 6) is -0.643. The lowest BCUT2D eigenvalue weighted by Crippen LogP contribution is -2.30. The van der Waals surface area contributed by atoms with Crippen LogP contribution in [0, 0.1) is 5.82 Å². The van der Waals surface area contributed by atoms with Crippen LogP contribution >= 0.6 is 11.3 Å². The van der Waals surface area contributed by atoms with Crippen molar-refractivity contribution < 1.29 is 18.5 Å². The van der Waals surface area contributed by atoms with E-state index in [1.165, 1.54) is 70.3 Å². The van der Waals surface area contributed by atoms with Crippen LogP contribution in [0.2, 0.25) is 0 Å². The smallest absolute Gasteiger partial charge is 0.255 e. The van der Waals surface area contributed by atoms with E-state index in [-0.39, 0.29) is 17.2 Å². The zero-order valence-electron chi connectivity index (χ0n) is 22.2. The van der Waals surface area contributed by atoms with Crippen LogP contribution in [0.1, 0.15) is 99.9 Å². The molecule has 1 aromatic heterocycles. The van der Waals surface area contributed by atoms with Gasteiger partial charge in [0, 0.05) is 16.8 Å². The number of carbonyl (C=O) groups excluding carboxylic acids is 1. The van der Waals surface area contributed by atoms with E-state index in [9.17, 15) is 9.18 Å². The lowest BCUT2D eigenvalue weighted by Gasteiger charge is -2.10. The van der Waals surface area contributed by atoms with Gasteiger partial charge in [-0.15, -0.1) is 0 Å². The fourth-order valence-electron chi connectivity index (χ4n) is 4.40. The fraction of sp³-hybridized carbons (Fsp3) is 0.484. The minimum atomic E-state index is -0.505. The van der Waals surface area contributed by atoms with E-state index < -0.39 is 5.82 Å². The molecule has 2 aromatic carbocycles. The van der Waals surface area contributed by atoms with Crippen LogP contribution in [-0.2, 0) is 6.54 Å². The number of aromatic nitrogens is 1. The maximum Gasteiger partial charge on any atom is 0.255 e. The number of nitrogens with one attached hydrogen (secondary N) is 1. The molecule has 0 spiro atoms. The molecule has 0 saturated carbocycles. The van der Waals surface area contributed by atoms with Crippen molar-refractivity contribution >= 4 is 22.9 Å². The zero-order chi connectivity index (χ0) is 26.1. The Morgan fingerprint density at radius 3 is 2.27 bits per heavy atom. The highest BCUT2D eigenvalue weighted by atomic mass is 32.1. The number of carbonyl (C=O) groups is 1. The van der Waals surface area contributed by atoms with E-state index in [0.717, 1.165) is 24.9 Å². The van der Waals surface area contributed by atoms with Crippen LogP contribution in [0.25, 0.3) is 0 Å². The monoisotopic (exact) mass is 525 g/mol. The molecule has 0 aliphatic rings. The highest BCUT2D eigenvalue weighted by molar-refractivity contribution is 7.07. The summed E-state index contributed by atoms with van der Waals surface area (Å²) < 4.78 is 22.3. The van der Waals surface area contributed by atoms with Crippen molar-refractivity contribution in [1.29, 1.82) is 0 Å². The Balaban J connectivity index is 1.32. The van der Waals surface area contributed by atoms with Crippen LogP contribution < -0.4 is 14.6 Å². The van der Waals surface area contributed by atoms with Crippen LogP contribution in [0.5, 0.6) is 5.75 Å². The van der Waals surface area contributed by atoms with Gasteiger partial charge < -0.3 is 10.1 Å². The molecule has 37 heavy (non-hydrogen) atoms. The summed E-state index contributed by atoms with van der Waals surface area (Å²) in [6.07, 6.45) is 17.3. The van der Waals surface area contributed by atoms with Crippen molar-refractivity contribution in [2.75, 3.05) is 11.9 Å². The molecule has 0 unspecified atom stereocenters. The number of hydrogen-bond donors (Lipinski definition) is 1. The van der Waals surface area contributed by atoms with Gasteiger partial charge in [0.05, 0.1) is 12.0 Å². The number of ether oxygens (including phenoxy) is 1. The minimum Gasteiger partial charge on any atom is -0.491 e. The Bertz CT molecular complexity index is 1060. The number of hydrogen-bond acceptors (Lipinski definition) is 3. The van der Waals surface area contributed by atoms with Crippen LogP contribution in [0.4, 0.5) is 10.1 Å². The summed E-state index contributed by atoms with van der Waals surface area (Å²) in [5.41, 5.74) is 4.07. The molecule has 0 bridgehead atoms. The van der Waals surface area contributed by atoms with Crippen molar-refractivity contribution in [3.8, 4) is 5.75 Å². The molecule has 4 nitrogen and oxygen atoms in total. The molecule has 200 valence electrons. The van der Waals surface area contributed by atoms with Crippen LogP contribution in [-0.4, -0.2) is 12.5 Å². The minimum absolute atomic E-state index is 0.203. The van der Waals surface area contributed by atoms with Gasteiger partial charge in [-0.2, -0.15) is 4.57 Å². The molecule has 3 rings (SSSR count). The van der Waals surface area contributed by atoms with E-state index in [4.69, 9.17) is 4.74 Å². The molecular weight excluding hydrogens is 483 g/mol. The molecule has 1 amide bonds. The Hall–Kier alpha value is -2.73. The first-order valence-electron chi connectivity index (χ1n) is 13.9. The van der Waals surface area contributed by atoms with Crippen molar-refractivity contribution in [2.24, 2.45) is 0 Å². The molecular formula is C31H42FN2O2S+. The lowest BCUT2D eigenvalue weighted by molar-refractivity contribution is -0.683. The number of benzene rings is 2. The van der Waals surface area contributed by atoms with Crippen molar-refractivity contribution in [3.63, 3.8) is 0 Å². The number of halogens is 1. The van der Waals surface area contributed by atoms with E-state index >= 15 is 0 Å². The van der Waals surface area contributed by atoms with Crippen LogP contribution in [0.3, 0.4) is 0 Å². The van der Waals surface area contributed by atoms with Crippen molar-refractivity contribution in [2.45, 2.75) is 90.5 Å². The average Bonchev–Trinajstić information content (AvgIpc) is 3.41. The molecule has 0 saturated heterocycles. The summed E-state index contributed by atoms with van der Waals surface area (Å²) in [4.78, 5) is 12.7. The third kappa shape index (κ3) is 11.0. The highest BCUT2D eigenvalue weighted by Gasteiger charge is 2.12. The predicted molar refractivity (Wildman–Crippen MR) is 151 cm³/mol. The molecule has 0 aliphatic carbocycles. The first-order valence-corrected chi connectivity index (χ1v) is 14.8. The Labute approximate surface area is 225 Å². The first-order chi connectivity index (χ1) is 18.2. The van der Waals surface area contributed by atoms with Gasteiger partial charge in [0.1, 0.15) is 0 Å². The highest BCUT2D eigenvalue weighted by Crippen LogP contribution is 2.20. The number of anilines is 1. The van der Waals surface area contributed by atoms with Crippen molar-refractivity contribution in [1.82, 2.24) is 0 Å². The lowest BCUT2D eigenvalue weighted by atomic mass is 10.1. The molecule has 0 radical (unpaired) electrons. The maximum absolute atomic E-state index is 14.6. The summed E-state index contributed by atoms with van der Waals surface area (Å²) >= 11 is 1.63. The third-order valence-corrected chi connectivity index (χ3v) is 7.20. The SMILES string of the molecule is CCCCCCCCCCCCCCOc1ccc(C(=O)Nc2cccc(C[n+]3ccsc3)c2)cc1F.